The first kappa shape index (κ1) is 43.7. The van der Waals surface area contributed by atoms with E-state index in [1.54, 1.807) is 40.9 Å². The zero-order chi connectivity index (χ0) is 43.5. The lowest BCUT2D eigenvalue weighted by Gasteiger charge is -2.36. The van der Waals surface area contributed by atoms with Gasteiger partial charge in [-0.15, -0.1) is 11.8 Å². The van der Waals surface area contributed by atoms with Gasteiger partial charge < -0.3 is 24.4 Å². The summed E-state index contributed by atoms with van der Waals surface area (Å²) in [6, 6.07) is 53.0. The van der Waals surface area contributed by atoms with Crippen LogP contribution in [-0.4, -0.2) is 61.7 Å². The summed E-state index contributed by atoms with van der Waals surface area (Å²) in [5.41, 5.74) is 7.94. The highest BCUT2D eigenvalue weighted by Crippen LogP contribution is 2.49. The number of thioether (sulfide) groups is 1. The zero-order valence-electron chi connectivity index (χ0n) is 35.4. The number of rotatable bonds is 17. The highest BCUT2D eigenvalue weighted by atomic mass is 32.2. The Morgan fingerprint density at radius 1 is 0.694 bits per heavy atom. The second kappa shape index (κ2) is 20.0. The Morgan fingerprint density at radius 3 is 1.69 bits per heavy atom. The molecule has 0 radical (unpaired) electrons. The van der Waals surface area contributed by atoms with Crippen molar-refractivity contribution >= 4 is 35.4 Å². The minimum Gasteiger partial charge on any atom is -0.458 e. The summed E-state index contributed by atoms with van der Waals surface area (Å²) < 4.78 is 16.8. The summed E-state index contributed by atoms with van der Waals surface area (Å²) in [7, 11) is 0. The molecule has 1 atom stereocenters. The number of esters is 1. The SMILES string of the molecule is C=CCOC(=O)c1ccc(N(CCSC(c2ccccc2)(c2ccccc2)c2ccccc2)C(=O)[C@H](COC(C)(C)C)NC(=O)OCC2c3ccccc3-c3ccccc32)cc1. The minimum absolute atomic E-state index is 0.0748. The summed E-state index contributed by atoms with van der Waals surface area (Å²) >= 11 is 1.72. The fraction of sp³-hybridized carbons (Fsp3) is 0.226. The molecule has 0 spiro atoms. The third-order valence-corrected chi connectivity index (χ3v) is 12.3. The van der Waals surface area contributed by atoms with Crippen LogP contribution in [0, 0.1) is 0 Å². The van der Waals surface area contributed by atoms with Crippen LogP contribution >= 0.6 is 11.8 Å². The molecule has 0 heterocycles. The van der Waals surface area contributed by atoms with Crippen molar-refractivity contribution in [3.05, 3.63) is 210 Å². The molecule has 6 aromatic carbocycles. The normalized spacial score (nSPS) is 12.7. The molecule has 7 rings (SSSR count). The molecule has 6 aromatic rings. The van der Waals surface area contributed by atoms with Crippen molar-refractivity contribution in [1.82, 2.24) is 5.32 Å². The van der Waals surface area contributed by atoms with E-state index in [-0.39, 0.29) is 32.3 Å². The molecule has 316 valence electrons. The number of ether oxygens (including phenoxy) is 3. The van der Waals surface area contributed by atoms with E-state index in [0.717, 1.165) is 38.9 Å². The van der Waals surface area contributed by atoms with Gasteiger partial charge in [-0.1, -0.05) is 152 Å². The van der Waals surface area contributed by atoms with Gasteiger partial charge in [0, 0.05) is 23.9 Å². The predicted molar refractivity (Wildman–Crippen MR) is 249 cm³/mol. The molecule has 2 amide bonds. The molecule has 1 aliphatic carbocycles. The first-order chi connectivity index (χ1) is 30.1. The molecular formula is C53H52N2O6S. The number of alkyl carbamates (subject to hydrolysis) is 1. The Balaban J connectivity index is 1.19. The number of hydrogen-bond acceptors (Lipinski definition) is 7. The van der Waals surface area contributed by atoms with Gasteiger partial charge in [0.2, 0.25) is 0 Å². The van der Waals surface area contributed by atoms with E-state index in [0.29, 0.717) is 17.0 Å². The monoisotopic (exact) mass is 844 g/mol. The van der Waals surface area contributed by atoms with Crippen LogP contribution in [0.5, 0.6) is 0 Å². The molecule has 0 saturated heterocycles. The predicted octanol–water partition coefficient (Wildman–Crippen LogP) is 10.8. The summed E-state index contributed by atoms with van der Waals surface area (Å²) in [6.45, 7) is 9.63. The average Bonchev–Trinajstić information content (AvgIpc) is 3.63. The number of nitrogens with one attached hydrogen (secondary N) is 1. The maximum Gasteiger partial charge on any atom is 0.407 e. The second-order valence-corrected chi connectivity index (χ2v) is 17.3. The van der Waals surface area contributed by atoms with Gasteiger partial charge in [-0.2, -0.15) is 0 Å². The van der Waals surface area contributed by atoms with Crippen molar-refractivity contribution in [2.24, 2.45) is 0 Å². The first-order valence-electron chi connectivity index (χ1n) is 20.8. The topological polar surface area (TPSA) is 94.2 Å². The van der Waals surface area contributed by atoms with Gasteiger partial charge in [0.05, 0.1) is 22.5 Å². The lowest BCUT2D eigenvalue weighted by Crippen LogP contribution is -2.52. The van der Waals surface area contributed by atoms with Crippen molar-refractivity contribution in [3.63, 3.8) is 0 Å². The Hall–Kier alpha value is -6.42. The molecule has 8 nitrogen and oxygen atoms in total. The summed E-state index contributed by atoms with van der Waals surface area (Å²) in [5.74, 6) is -0.574. The van der Waals surface area contributed by atoms with Crippen molar-refractivity contribution in [3.8, 4) is 11.1 Å². The number of hydrogen-bond donors (Lipinski definition) is 1. The number of nitrogens with zero attached hydrogens (tertiary/aromatic N) is 1. The van der Waals surface area contributed by atoms with Gasteiger partial charge in [-0.3, -0.25) is 4.79 Å². The van der Waals surface area contributed by atoms with E-state index in [9.17, 15) is 9.59 Å². The van der Waals surface area contributed by atoms with Gasteiger partial charge in [-0.05, 0) is 84.0 Å². The van der Waals surface area contributed by atoms with Crippen molar-refractivity contribution in [2.45, 2.75) is 43.1 Å². The van der Waals surface area contributed by atoms with Gasteiger partial charge in [0.25, 0.3) is 5.91 Å². The number of anilines is 1. The van der Waals surface area contributed by atoms with Gasteiger partial charge in [-0.25, -0.2) is 9.59 Å². The van der Waals surface area contributed by atoms with E-state index in [4.69, 9.17) is 14.2 Å². The molecule has 0 fully saturated rings. The van der Waals surface area contributed by atoms with Crippen LogP contribution in [0.4, 0.5) is 10.5 Å². The smallest absolute Gasteiger partial charge is 0.407 e. The molecule has 0 bridgehead atoms. The Kier molecular flexibility index (Phi) is 14.1. The molecule has 0 aliphatic heterocycles. The fourth-order valence-corrected chi connectivity index (χ4v) is 9.39. The van der Waals surface area contributed by atoms with Crippen LogP contribution in [-0.2, 0) is 23.8 Å². The first-order valence-corrected chi connectivity index (χ1v) is 21.8. The van der Waals surface area contributed by atoms with E-state index >= 15 is 4.79 Å². The van der Waals surface area contributed by atoms with Crippen molar-refractivity contribution in [2.75, 3.05) is 37.0 Å². The largest absolute Gasteiger partial charge is 0.458 e. The van der Waals surface area contributed by atoms with E-state index in [1.807, 2.05) is 99.6 Å². The molecular weight excluding hydrogens is 793 g/mol. The maximum atomic E-state index is 15.1. The summed E-state index contributed by atoms with van der Waals surface area (Å²) in [5, 5.41) is 2.88. The average molecular weight is 845 g/mol. The van der Waals surface area contributed by atoms with Crippen LogP contribution in [0.25, 0.3) is 11.1 Å². The summed E-state index contributed by atoms with van der Waals surface area (Å²) in [4.78, 5) is 43.3. The van der Waals surface area contributed by atoms with Gasteiger partial charge >= 0.3 is 12.1 Å². The lowest BCUT2D eigenvalue weighted by molar-refractivity contribution is -0.123. The van der Waals surface area contributed by atoms with Gasteiger partial charge in [0.1, 0.15) is 19.3 Å². The van der Waals surface area contributed by atoms with Crippen molar-refractivity contribution < 1.29 is 28.6 Å². The third-order valence-electron chi connectivity index (χ3n) is 10.8. The Bertz CT molecular complexity index is 2310. The summed E-state index contributed by atoms with van der Waals surface area (Å²) in [6.07, 6.45) is 0.780. The quantitative estimate of drug-likeness (QED) is 0.0555. The highest BCUT2D eigenvalue weighted by molar-refractivity contribution is 8.00. The highest BCUT2D eigenvalue weighted by Gasteiger charge is 2.38. The fourth-order valence-electron chi connectivity index (χ4n) is 7.90. The van der Waals surface area contributed by atoms with Crippen molar-refractivity contribution in [1.29, 1.82) is 0 Å². The molecule has 0 aromatic heterocycles. The van der Waals surface area contributed by atoms with E-state index in [2.05, 4.69) is 72.6 Å². The van der Waals surface area contributed by atoms with Crippen LogP contribution in [0.1, 0.15) is 64.9 Å². The van der Waals surface area contributed by atoms with Crippen LogP contribution in [0.2, 0.25) is 0 Å². The lowest BCUT2D eigenvalue weighted by atomic mass is 9.84. The second-order valence-electron chi connectivity index (χ2n) is 16.0. The molecule has 0 unspecified atom stereocenters. The molecule has 62 heavy (non-hydrogen) atoms. The van der Waals surface area contributed by atoms with Gasteiger partial charge in [0.15, 0.2) is 0 Å². The molecule has 9 heteroatoms. The molecule has 0 saturated carbocycles. The van der Waals surface area contributed by atoms with Crippen LogP contribution in [0.3, 0.4) is 0 Å². The van der Waals surface area contributed by atoms with Crippen LogP contribution in [0.15, 0.2) is 176 Å². The number of carbonyl (C=O) groups excluding carboxylic acids is 3. The number of benzene rings is 6. The maximum absolute atomic E-state index is 15.1. The molecule has 1 N–H and O–H groups in total. The number of fused-ring (bicyclic) bond motifs is 3. The zero-order valence-corrected chi connectivity index (χ0v) is 36.2. The standard InChI is InChI=1S/C53H52N2O6S/c1-5-34-59-50(57)38-29-31-42(32-30-38)55(33-35-62-53(39-19-9-6-10-20-39,40-21-11-7-12-22-40)41-23-13-8-14-24-41)49(56)48(37-61-52(2,3)4)54-51(58)60-36-47-45-27-17-15-25-43(45)44-26-16-18-28-46(44)47/h5-32,47-48H,1,33-37H2,2-4H3,(H,54,58)/t48-/m0/s1. The van der Waals surface area contributed by atoms with E-state index in [1.165, 1.54) is 6.08 Å². The molecule has 1 aliphatic rings. The Morgan fingerprint density at radius 2 is 1.19 bits per heavy atom. The minimum atomic E-state index is -1.12. The Labute approximate surface area is 368 Å². The van der Waals surface area contributed by atoms with Crippen LogP contribution < -0.4 is 10.2 Å². The number of carbonyl (C=O) groups is 3. The number of amides is 2. The third kappa shape index (κ3) is 10.0. The van der Waals surface area contributed by atoms with E-state index < -0.39 is 34.4 Å².